The molecule has 3 N–H and O–H groups in total. The standard InChI is InChI=1S/C63H119NO5/c1-4-7-10-13-16-19-22-25-28-31-33-36-39-42-45-48-51-54-59(69-63(68)56-53-50-47-44-41-38-35-30-27-24-21-18-15-12-9-6-3)57-62(67)64-60(58-65)61(66)55-52-49-46-43-40-37-34-32-29-26-23-20-17-14-11-8-5-2/h16,19,25,28,33,36,59-61,65-66H,4-15,17-18,20-24,26-27,29-32,34-35,37-58H2,1-3H3,(H,64,67)/b19-16-,28-25-,36-33-. The molecule has 3 unspecified atom stereocenters. The number of aliphatic hydroxyl groups is 2. The lowest BCUT2D eigenvalue weighted by Gasteiger charge is -2.24. The number of allylic oxidation sites excluding steroid dienone is 6. The van der Waals surface area contributed by atoms with Gasteiger partial charge < -0.3 is 20.3 Å². The molecule has 1 amide bonds. The van der Waals surface area contributed by atoms with Gasteiger partial charge in [-0.05, 0) is 64.2 Å². The maximum absolute atomic E-state index is 13.3. The van der Waals surface area contributed by atoms with Crippen molar-refractivity contribution in [2.45, 2.75) is 347 Å². The summed E-state index contributed by atoms with van der Waals surface area (Å²) in [5, 5.41) is 24.0. The van der Waals surface area contributed by atoms with Gasteiger partial charge in [-0.15, -0.1) is 0 Å². The minimum Gasteiger partial charge on any atom is -0.462 e. The van der Waals surface area contributed by atoms with Gasteiger partial charge in [0.05, 0.1) is 25.2 Å². The van der Waals surface area contributed by atoms with Crippen LogP contribution in [0.1, 0.15) is 329 Å². The first-order valence-corrected chi connectivity index (χ1v) is 30.7. The molecule has 0 heterocycles. The maximum atomic E-state index is 13.3. The molecule has 0 aromatic heterocycles. The molecule has 0 rings (SSSR count). The second-order valence-corrected chi connectivity index (χ2v) is 21.1. The molecule has 0 saturated carbocycles. The lowest BCUT2D eigenvalue weighted by Crippen LogP contribution is -2.46. The molecule has 3 atom stereocenters. The molecule has 0 aromatic rings. The summed E-state index contributed by atoms with van der Waals surface area (Å²) in [6.45, 7) is 6.50. The van der Waals surface area contributed by atoms with E-state index in [1.54, 1.807) is 0 Å². The van der Waals surface area contributed by atoms with Crippen molar-refractivity contribution in [3.8, 4) is 0 Å². The van der Waals surface area contributed by atoms with Gasteiger partial charge in [-0.25, -0.2) is 0 Å². The molecule has 0 radical (unpaired) electrons. The number of nitrogens with one attached hydrogen (secondary N) is 1. The number of unbranched alkanes of at least 4 members (excludes halogenated alkanes) is 38. The van der Waals surface area contributed by atoms with Gasteiger partial charge in [0.25, 0.3) is 0 Å². The zero-order valence-corrected chi connectivity index (χ0v) is 46.5. The Kier molecular flexibility index (Phi) is 55.4. The number of carbonyl (C=O) groups excluding carboxylic acids is 2. The number of carbonyl (C=O) groups is 2. The Hall–Kier alpha value is -1.92. The second kappa shape index (κ2) is 57.0. The molecule has 0 aliphatic carbocycles. The van der Waals surface area contributed by atoms with Crippen LogP contribution in [0.15, 0.2) is 36.5 Å². The summed E-state index contributed by atoms with van der Waals surface area (Å²) in [4.78, 5) is 26.3. The van der Waals surface area contributed by atoms with Crippen LogP contribution in [0.25, 0.3) is 0 Å². The number of hydrogen-bond donors (Lipinski definition) is 3. The Bertz CT molecular complexity index is 1130. The predicted octanol–water partition coefficient (Wildman–Crippen LogP) is 19.2. The normalized spacial score (nSPS) is 13.3. The van der Waals surface area contributed by atoms with Gasteiger partial charge in [0, 0.05) is 6.42 Å². The van der Waals surface area contributed by atoms with Crippen molar-refractivity contribution >= 4 is 11.9 Å². The van der Waals surface area contributed by atoms with Gasteiger partial charge >= 0.3 is 5.97 Å². The highest BCUT2D eigenvalue weighted by atomic mass is 16.5. The van der Waals surface area contributed by atoms with Crippen LogP contribution < -0.4 is 5.32 Å². The van der Waals surface area contributed by atoms with E-state index in [1.807, 2.05) is 0 Å². The molecule has 406 valence electrons. The van der Waals surface area contributed by atoms with Crippen molar-refractivity contribution in [2.75, 3.05) is 6.61 Å². The first-order chi connectivity index (χ1) is 34.0. The number of ether oxygens (including phenoxy) is 1. The summed E-state index contributed by atoms with van der Waals surface area (Å²) in [7, 11) is 0. The van der Waals surface area contributed by atoms with E-state index < -0.39 is 18.2 Å². The zero-order valence-electron chi connectivity index (χ0n) is 46.5. The third-order valence-corrected chi connectivity index (χ3v) is 14.2. The molecule has 6 nitrogen and oxygen atoms in total. The molecular formula is C63H119NO5. The number of hydrogen-bond acceptors (Lipinski definition) is 5. The molecule has 6 heteroatoms. The van der Waals surface area contributed by atoms with Crippen LogP contribution in [-0.4, -0.2) is 46.9 Å². The van der Waals surface area contributed by atoms with Crippen molar-refractivity contribution < 1.29 is 24.5 Å². The van der Waals surface area contributed by atoms with Gasteiger partial charge in [0.15, 0.2) is 0 Å². The van der Waals surface area contributed by atoms with Crippen LogP contribution in [0.5, 0.6) is 0 Å². The highest BCUT2D eigenvalue weighted by molar-refractivity contribution is 5.77. The van der Waals surface area contributed by atoms with Crippen molar-refractivity contribution in [1.82, 2.24) is 5.32 Å². The number of aliphatic hydroxyl groups excluding tert-OH is 2. The first-order valence-electron chi connectivity index (χ1n) is 30.7. The molecule has 0 bridgehead atoms. The number of esters is 1. The fourth-order valence-corrected chi connectivity index (χ4v) is 9.56. The zero-order chi connectivity index (χ0) is 50.2. The van der Waals surface area contributed by atoms with E-state index in [-0.39, 0.29) is 24.9 Å². The van der Waals surface area contributed by atoms with Crippen LogP contribution in [0.2, 0.25) is 0 Å². The topological polar surface area (TPSA) is 95.9 Å². The van der Waals surface area contributed by atoms with E-state index in [1.165, 1.54) is 205 Å². The predicted molar refractivity (Wildman–Crippen MR) is 301 cm³/mol. The van der Waals surface area contributed by atoms with E-state index in [2.05, 4.69) is 62.5 Å². The third kappa shape index (κ3) is 52.2. The van der Waals surface area contributed by atoms with Gasteiger partial charge in [-0.3, -0.25) is 9.59 Å². The third-order valence-electron chi connectivity index (χ3n) is 14.2. The van der Waals surface area contributed by atoms with Gasteiger partial charge in [0.2, 0.25) is 5.91 Å². The lowest BCUT2D eigenvalue weighted by molar-refractivity contribution is -0.151. The second-order valence-electron chi connectivity index (χ2n) is 21.1. The molecule has 0 saturated heterocycles. The van der Waals surface area contributed by atoms with Crippen molar-refractivity contribution in [2.24, 2.45) is 0 Å². The van der Waals surface area contributed by atoms with Gasteiger partial charge in [-0.1, -0.05) is 288 Å². The van der Waals surface area contributed by atoms with E-state index in [0.717, 1.165) is 77.0 Å². The van der Waals surface area contributed by atoms with Gasteiger partial charge in [0.1, 0.15) is 6.10 Å². The average molecular weight is 971 g/mol. The summed E-state index contributed by atoms with van der Waals surface area (Å²) >= 11 is 0. The van der Waals surface area contributed by atoms with E-state index >= 15 is 0 Å². The SMILES string of the molecule is CCCCC/C=C\C/C=C\C/C=C\CCCCCCC(CC(=O)NC(CO)C(O)CCCCCCCCCCCCCCCCCCC)OC(=O)CCCCCCCCCCCCCCCCCC. The summed E-state index contributed by atoms with van der Waals surface area (Å²) in [6, 6.07) is -0.708. The first kappa shape index (κ1) is 67.1. The molecule has 0 aromatic carbocycles. The summed E-state index contributed by atoms with van der Waals surface area (Å²) < 4.78 is 5.97. The van der Waals surface area contributed by atoms with Crippen LogP contribution in [0, 0.1) is 0 Å². The van der Waals surface area contributed by atoms with E-state index in [4.69, 9.17) is 4.74 Å². The lowest BCUT2D eigenvalue weighted by atomic mass is 10.0. The molecule has 0 aliphatic rings. The summed E-state index contributed by atoms with van der Waals surface area (Å²) in [6.07, 6.45) is 69.3. The molecular weight excluding hydrogens is 851 g/mol. The largest absolute Gasteiger partial charge is 0.462 e. The van der Waals surface area contributed by atoms with Crippen LogP contribution in [-0.2, 0) is 14.3 Å². The average Bonchev–Trinajstić information content (AvgIpc) is 3.34. The number of amides is 1. The van der Waals surface area contributed by atoms with Crippen molar-refractivity contribution in [3.05, 3.63) is 36.5 Å². The van der Waals surface area contributed by atoms with Crippen LogP contribution in [0.4, 0.5) is 0 Å². The monoisotopic (exact) mass is 970 g/mol. The fourth-order valence-electron chi connectivity index (χ4n) is 9.56. The smallest absolute Gasteiger partial charge is 0.306 e. The Morgan fingerprint density at radius 3 is 1.14 bits per heavy atom. The quantitative estimate of drug-likeness (QED) is 0.0321. The number of rotatable bonds is 56. The maximum Gasteiger partial charge on any atom is 0.306 e. The molecule has 69 heavy (non-hydrogen) atoms. The summed E-state index contributed by atoms with van der Waals surface area (Å²) in [5.41, 5.74) is 0. The Morgan fingerprint density at radius 1 is 0.420 bits per heavy atom. The molecule has 0 aliphatic heterocycles. The Balaban J connectivity index is 4.55. The van der Waals surface area contributed by atoms with E-state index in [9.17, 15) is 19.8 Å². The highest BCUT2D eigenvalue weighted by Crippen LogP contribution is 2.19. The van der Waals surface area contributed by atoms with E-state index in [0.29, 0.717) is 19.3 Å². The molecule has 0 spiro atoms. The summed E-state index contributed by atoms with van der Waals surface area (Å²) in [5.74, 6) is -0.476. The van der Waals surface area contributed by atoms with Crippen molar-refractivity contribution in [3.63, 3.8) is 0 Å². The fraction of sp³-hybridized carbons (Fsp3) is 0.873. The molecule has 0 fully saturated rings. The minimum absolute atomic E-state index is 0.0674. The highest BCUT2D eigenvalue weighted by Gasteiger charge is 2.24. The Labute approximate surface area is 430 Å². The Morgan fingerprint density at radius 2 is 0.739 bits per heavy atom. The van der Waals surface area contributed by atoms with Crippen LogP contribution >= 0.6 is 0 Å². The van der Waals surface area contributed by atoms with Gasteiger partial charge in [-0.2, -0.15) is 0 Å². The van der Waals surface area contributed by atoms with Crippen molar-refractivity contribution in [1.29, 1.82) is 0 Å². The minimum atomic E-state index is -0.793. The van der Waals surface area contributed by atoms with Crippen LogP contribution in [0.3, 0.4) is 0 Å².